The van der Waals surface area contributed by atoms with E-state index >= 15 is 0 Å². The number of urea groups is 1. The van der Waals surface area contributed by atoms with E-state index in [1.54, 1.807) is 4.90 Å². The minimum absolute atomic E-state index is 0.0630. The average molecular weight is 297 g/mol. The van der Waals surface area contributed by atoms with Crippen LogP contribution in [0.3, 0.4) is 0 Å². The van der Waals surface area contributed by atoms with Crippen molar-refractivity contribution in [2.24, 2.45) is 0 Å². The molecule has 0 unspecified atom stereocenters. The number of aromatic nitrogens is 1. The first kappa shape index (κ1) is 14.8. The van der Waals surface area contributed by atoms with Gasteiger partial charge in [-0.3, -0.25) is 0 Å². The monoisotopic (exact) mass is 297 g/mol. The van der Waals surface area contributed by atoms with Gasteiger partial charge in [0.2, 0.25) is 0 Å². The molecule has 20 heavy (non-hydrogen) atoms. The van der Waals surface area contributed by atoms with E-state index < -0.39 is 5.97 Å². The van der Waals surface area contributed by atoms with Crippen LogP contribution in [0.5, 0.6) is 0 Å². The first-order chi connectivity index (χ1) is 9.58. The third-order valence-corrected chi connectivity index (χ3v) is 4.49. The summed E-state index contributed by atoms with van der Waals surface area (Å²) >= 11 is 1.31. The molecule has 6 nitrogen and oxygen atoms in total. The number of nitrogens with zero attached hydrogens (tertiary/aromatic N) is 2. The van der Waals surface area contributed by atoms with Gasteiger partial charge in [-0.2, -0.15) is 0 Å². The van der Waals surface area contributed by atoms with Crippen molar-refractivity contribution >= 4 is 23.3 Å². The molecule has 0 saturated heterocycles. The standard InChI is InChI=1S/C13H19N3O3S/c1-16(9-4-2-3-5-9)13(19)14-7-6-11-15-10(8-20-11)12(17)18/h8-9H,2-7H2,1H3,(H,14,19)(H,17,18). The molecule has 2 rings (SSSR count). The average Bonchev–Trinajstić information content (AvgIpc) is 3.08. The van der Waals surface area contributed by atoms with Crippen LogP contribution in [0.15, 0.2) is 5.38 Å². The number of rotatable bonds is 5. The number of carboxylic acids is 1. The van der Waals surface area contributed by atoms with Gasteiger partial charge < -0.3 is 15.3 Å². The van der Waals surface area contributed by atoms with Gasteiger partial charge in [0.25, 0.3) is 0 Å². The summed E-state index contributed by atoms with van der Waals surface area (Å²) in [6, 6.07) is 0.292. The minimum atomic E-state index is -1.02. The van der Waals surface area contributed by atoms with Crippen LogP contribution in [-0.4, -0.2) is 46.6 Å². The molecule has 1 aromatic heterocycles. The number of thiazole rings is 1. The Balaban J connectivity index is 1.74. The summed E-state index contributed by atoms with van der Waals surface area (Å²) < 4.78 is 0. The van der Waals surface area contributed by atoms with Crippen molar-refractivity contribution in [2.75, 3.05) is 13.6 Å². The largest absolute Gasteiger partial charge is 0.476 e. The van der Waals surface area contributed by atoms with E-state index in [0.717, 1.165) is 17.8 Å². The predicted molar refractivity (Wildman–Crippen MR) is 76.2 cm³/mol. The lowest BCUT2D eigenvalue weighted by Crippen LogP contribution is -2.43. The van der Waals surface area contributed by atoms with E-state index in [9.17, 15) is 9.59 Å². The molecule has 0 radical (unpaired) electrons. The Bertz CT molecular complexity index is 483. The first-order valence-electron chi connectivity index (χ1n) is 6.76. The van der Waals surface area contributed by atoms with Gasteiger partial charge in [-0.1, -0.05) is 12.8 Å². The Morgan fingerprint density at radius 3 is 2.80 bits per heavy atom. The van der Waals surface area contributed by atoms with Crippen LogP contribution in [-0.2, 0) is 6.42 Å². The van der Waals surface area contributed by atoms with Gasteiger partial charge >= 0.3 is 12.0 Å². The van der Waals surface area contributed by atoms with Crippen molar-refractivity contribution in [2.45, 2.75) is 38.1 Å². The van der Waals surface area contributed by atoms with Crippen molar-refractivity contribution in [1.82, 2.24) is 15.2 Å². The molecule has 0 aromatic carbocycles. The summed E-state index contributed by atoms with van der Waals surface area (Å²) in [6.45, 7) is 0.475. The summed E-state index contributed by atoms with van der Waals surface area (Å²) in [4.78, 5) is 28.4. The summed E-state index contributed by atoms with van der Waals surface area (Å²) in [5.41, 5.74) is 0.0689. The zero-order valence-electron chi connectivity index (χ0n) is 11.5. The van der Waals surface area contributed by atoms with Gasteiger partial charge in [-0.25, -0.2) is 14.6 Å². The van der Waals surface area contributed by atoms with Crippen molar-refractivity contribution in [3.05, 3.63) is 16.1 Å². The molecule has 1 heterocycles. The van der Waals surface area contributed by atoms with Crippen LogP contribution in [0.4, 0.5) is 4.79 Å². The maximum atomic E-state index is 11.9. The van der Waals surface area contributed by atoms with E-state index in [0.29, 0.717) is 19.0 Å². The molecule has 1 saturated carbocycles. The van der Waals surface area contributed by atoms with E-state index in [1.807, 2.05) is 7.05 Å². The number of aromatic carboxylic acids is 1. The van der Waals surface area contributed by atoms with Gasteiger partial charge in [0.05, 0.1) is 5.01 Å². The molecular formula is C13H19N3O3S. The fraction of sp³-hybridized carbons (Fsp3) is 0.615. The molecular weight excluding hydrogens is 278 g/mol. The second-order valence-corrected chi connectivity index (χ2v) is 5.91. The molecule has 1 aliphatic rings. The van der Waals surface area contributed by atoms with E-state index in [2.05, 4.69) is 10.3 Å². The minimum Gasteiger partial charge on any atom is -0.476 e. The second-order valence-electron chi connectivity index (χ2n) is 4.96. The number of amides is 2. The van der Waals surface area contributed by atoms with Crippen molar-refractivity contribution < 1.29 is 14.7 Å². The molecule has 1 aliphatic carbocycles. The fourth-order valence-electron chi connectivity index (χ4n) is 2.38. The molecule has 0 aliphatic heterocycles. The highest BCUT2D eigenvalue weighted by Gasteiger charge is 2.22. The Morgan fingerprint density at radius 2 is 2.20 bits per heavy atom. The number of hydrogen-bond acceptors (Lipinski definition) is 4. The van der Waals surface area contributed by atoms with Crippen LogP contribution in [0.25, 0.3) is 0 Å². The van der Waals surface area contributed by atoms with E-state index in [1.165, 1.54) is 29.6 Å². The third kappa shape index (κ3) is 3.69. The number of carbonyl (C=O) groups excluding carboxylic acids is 1. The van der Waals surface area contributed by atoms with Gasteiger partial charge in [0.1, 0.15) is 0 Å². The van der Waals surface area contributed by atoms with E-state index in [4.69, 9.17) is 5.11 Å². The van der Waals surface area contributed by atoms with Gasteiger partial charge in [-0.05, 0) is 12.8 Å². The highest BCUT2D eigenvalue weighted by atomic mass is 32.1. The van der Waals surface area contributed by atoms with Crippen LogP contribution in [0, 0.1) is 0 Å². The normalized spacial score (nSPS) is 15.2. The second kappa shape index (κ2) is 6.69. The van der Waals surface area contributed by atoms with Crippen LogP contribution in [0.1, 0.15) is 41.2 Å². The third-order valence-electron chi connectivity index (χ3n) is 3.58. The van der Waals surface area contributed by atoms with Gasteiger partial charge in [-0.15, -0.1) is 11.3 Å². The Hall–Kier alpha value is -1.63. The summed E-state index contributed by atoms with van der Waals surface area (Å²) in [7, 11) is 1.83. The van der Waals surface area contributed by atoms with Gasteiger partial charge in [0.15, 0.2) is 5.69 Å². The molecule has 2 amide bonds. The van der Waals surface area contributed by atoms with Crippen molar-refractivity contribution in [1.29, 1.82) is 0 Å². The van der Waals surface area contributed by atoms with Crippen LogP contribution < -0.4 is 5.32 Å². The molecule has 0 bridgehead atoms. The zero-order valence-corrected chi connectivity index (χ0v) is 12.3. The molecule has 0 atom stereocenters. The van der Waals surface area contributed by atoms with Gasteiger partial charge in [0, 0.05) is 31.4 Å². The lowest BCUT2D eigenvalue weighted by Gasteiger charge is -2.24. The number of hydrogen-bond donors (Lipinski definition) is 2. The summed E-state index contributed by atoms with van der Waals surface area (Å²) in [6.07, 6.45) is 5.11. The quantitative estimate of drug-likeness (QED) is 0.870. The molecule has 0 spiro atoms. The van der Waals surface area contributed by atoms with Crippen LogP contribution >= 0.6 is 11.3 Å². The SMILES string of the molecule is CN(C(=O)NCCc1nc(C(=O)O)cs1)C1CCCC1. The maximum absolute atomic E-state index is 11.9. The number of carbonyl (C=O) groups is 2. The Labute approximate surface area is 121 Å². The molecule has 1 aromatic rings. The topological polar surface area (TPSA) is 82.5 Å². The van der Waals surface area contributed by atoms with Crippen molar-refractivity contribution in [3.63, 3.8) is 0 Å². The predicted octanol–water partition coefficient (Wildman–Crippen LogP) is 1.97. The molecule has 110 valence electrons. The Kier molecular flexibility index (Phi) is 4.94. The Morgan fingerprint density at radius 1 is 1.50 bits per heavy atom. The number of nitrogens with one attached hydrogen (secondary N) is 1. The molecule has 7 heteroatoms. The molecule has 2 N–H and O–H groups in total. The highest BCUT2D eigenvalue weighted by Crippen LogP contribution is 2.22. The smallest absolute Gasteiger partial charge is 0.355 e. The maximum Gasteiger partial charge on any atom is 0.355 e. The fourth-order valence-corrected chi connectivity index (χ4v) is 3.15. The van der Waals surface area contributed by atoms with Crippen molar-refractivity contribution in [3.8, 4) is 0 Å². The zero-order chi connectivity index (χ0) is 14.5. The lowest BCUT2D eigenvalue weighted by atomic mass is 10.2. The first-order valence-corrected chi connectivity index (χ1v) is 7.64. The lowest BCUT2D eigenvalue weighted by molar-refractivity contribution is 0.0691. The molecule has 1 fully saturated rings. The van der Waals surface area contributed by atoms with Crippen LogP contribution in [0.2, 0.25) is 0 Å². The number of carboxylic acid groups (broad SMARTS) is 1. The summed E-state index contributed by atoms with van der Waals surface area (Å²) in [5, 5.41) is 13.9. The highest BCUT2D eigenvalue weighted by molar-refractivity contribution is 7.09. The summed E-state index contributed by atoms with van der Waals surface area (Å²) in [5.74, 6) is -1.02. The van der Waals surface area contributed by atoms with E-state index in [-0.39, 0.29) is 11.7 Å².